The molecule has 0 aliphatic heterocycles. The highest BCUT2D eigenvalue weighted by molar-refractivity contribution is 6.31. The van der Waals surface area contributed by atoms with Gasteiger partial charge in [-0.15, -0.1) is 0 Å². The van der Waals surface area contributed by atoms with Crippen LogP contribution in [-0.4, -0.2) is 22.2 Å². The van der Waals surface area contributed by atoms with Gasteiger partial charge in [-0.2, -0.15) is 18.3 Å². The molecule has 0 saturated heterocycles. The predicted octanol–water partition coefficient (Wildman–Crippen LogP) is 8.42. The van der Waals surface area contributed by atoms with E-state index in [-0.39, 0.29) is 16.9 Å². The number of rotatable bonds is 2. The van der Waals surface area contributed by atoms with Gasteiger partial charge >= 0.3 is 6.18 Å². The van der Waals surface area contributed by atoms with Crippen molar-refractivity contribution in [3.63, 3.8) is 0 Å². The summed E-state index contributed by atoms with van der Waals surface area (Å²) in [4.78, 5) is 3.48. The number of nitrogens with one attached hydrogen (secondary N) is 1. The number of nitrogen functional groups attached to an aromatic ring is 1. The van der Waals surface area contributed by atoms with Gasteiger partial charge in [0.2, 0.25) is 0 Å². The molecule has 4 rings (SSSR count). The molecule has 1 aliphatic rings. The summed E-state index contributed by atoms with van der Waals surface area (Å²) in [6.07, 6.45) is 4.65. The number of nitrogens with two attached hydrogens (primary N) is 2. The van der Waals surface area contributed by atoms with Crippen molar-refractivity contribution >= 4 is 34.3 Å². The van der Waals surface area contributed by atoms with Crippen LogP contribution in [0, 0.1) is 0 Å². The Bertz CT molecular complexity index is 1010. The van der Waals surface area contributed by atoms with E-state index in [1.807, 2.05) is 13.8 Å². The summed E-state index contributed by atoms with van der Waals surface area (Å²) in [5, 5.41) is 6.44. The molecule has 0 spiro atoms. The third-order valence-corrected chi connectivity index (χ3v) is 4.97. The number of anilines is 1. The van der Waals surface area contributed by atoms with Crippen molar-refractivity contribution in [3.8, 4) is 0 Å². The number of hydrogen-bond acceptors (Lipinski definition) is 4. The van der Waals surface area contributed by atoms with Crippen LogP contribution in [0.1, 0.15) is 75.7 Å². The minimum absolute atomic E-state index is 0.0137. The van der Waals surface area contributed by atoms with Gasteiger partial charge in [-0.25, -0.2) is 13.8 Å². The molecule has 5 N–H and O–H groups in total. The minimum Gasteiger partial charge on any atom is -0.398 e. The highest BCUT2D eigenvalue weighted by Crippen LogP contribution is 2.32. The van der Waals surface area contributed by atoms with E-state index in [0.717, 1.165) is 6.07 Å². The molecular formula is C25H35ClF5N5. The lowest BCUT2D eigenvalue weighted by Crippen LogP contribution is -2.09. The average molecular weight is 536 g/mol. The molecule has 0 radical (unpaired) electrons. The lowest BCUT2D eigenvalue weighted by molar-refractivity contribution is -0.140. The van der Waals surface area contributed by atoms with Crippen LogP contribution in [0.15, 0.2) is 37.0 Å². The van der Waals surface area contributed by atoms with E-state index >= 15 is 0 Å². The van der Waals surface area contributed by atoms with Crippen molar-refractivity contribution in [1.82, 2.24) is 15.2 Å². The topological polar surface area (TPSA) is 93.6 Å². The molecule has 0 amide bonds. The zero-order chi connectivity index (χ0) is 27.7. The highest BCUT2D eigenvalue weighted by Gasteiger charge is 2.33. The molecule has 2 heterocycles. The Labute approximate surface area is 214 Å². The summed E-state index contributed by atoms with van der Waals surface area (Å²) in [7, 11) is 1.50. The second-order valence-corrected chi connectivity index (χ2v) is 7.56. The largest absolute Gasteiger partial charge is 0.433 e. The Morgan fingerprint density at radius 1 is 1.03 bits per heavy atom. The molecule has 202 valence electrons. The third kappa shape index (κ3) is 11.3. The van der Waals surface area contributed by atoms with Gasteiger partial charge in [0.05, 0.1) is 11.7 Å². The van der Waals surface area contributed by atoms with Crippen molar-refractivity contribution in [3.05, 3.63) is 59.0 Å². The minimum atomic E-state index is -4.50. The molecule has 36 heavy (non-hydrogen) atoms. The first-order chi connectivity index (χ1) is 17.1. The standard InChI is InChI=1S/C10H6ClF3N2.C6H6F2N2.C6H12.C2H6.CH5N/c11-5-1-2-8-6(3-5)7(15)4-9(16-8)10(12,13)14;1-2-4-3-9-10-5(4)6(7)8;1-2-4-6-5-3-1;2*1-2/h1-4H,(H2,15,16);2-3,6H,1H2,(H,9,10);1-6H2;1-2H3;2H2,1H3. The zero-order valence-corrected chi connectivity index (χ0v) is 21.6. The number of benzene rings is 1. The second-order valence-electron chi connectivity index (χ2n) is 7.12. The summed E-state index contributed by atoms with van der Waals surface area (Å²) in [6, 6.07) is 5.16. The summed E-state index contributed by atoms with van der Waals surface area (Å²) in [6.45, 7) is 7.35. The first kappa shape index (κ1) is 33.3. The first-order valence-electron chi connectivity index (χ1n) is 11.6. The second kappa shape index (κ2) is 17.7. The van der Waals surface area contributed by atoms with E-state index in [1.165, 1.54) is 76.0 Å². The van der Waals surface area contributed by atoms with E-state index in [4.69, 9.17) is 17.3 Å². The van der Waals surface area contributed by atoms with Gasteiger partial charge in [-0.1, -0.05) is 76.6 Å². The molecule has 1 saturated carbocycles. The summed E-state index contributed by atoms with van der Waals surface area (Å²) >= 11 is 5.71. The number of aromatic nitrogens is 3. The van der Waals surface area contributed by atoms with E-state index < -0.39 is 18.3 Å². The molecule has 11 heteroatoms. The van der Waals surface area contributed by atoms with E-state index in [2.05, 4.69) is 27.5 Å². The number of nitrogens with zero attached hydrogens (tertiary/aromatic N) is 2. The summed E-state index contributed by atoms with van der Waals surface area (Å²) in [5.74, 6) is 0. The Balaban J connectivity index is 0.000000523. The fourth-order valence-corrected chi connectivity index (χ4v) is 3.24. The normalized spacial score (nSPS) is 12.5. The number of hydrogen-bond donors (Lipinski definition) is 3. The van der Waals surface area contributed by atoms with E-state index in [9.17, 15) is 22.0 Å². The Hall–Kier alpha value is -2.72. The number of alkyl halides is 5. The van der Waals surface area contributed by atoms with Crippen LogP contribution in [0.4, 0.5) is 27.6 Å². The molecule has 1 fully saturated rings. The summed E-state index contributed by atoms with van der Waals surface area (Å²) in [5.41, 5.74) is 9.40. The van der Waals surface area contributed by atoms with E-state index in [0.29, 0.717) is 16.0 Å². The van der Waals surface area contributed by atoms with Crippen LogP contribution < -0.4 is 11.5 Å². The van der Waals surface area contributed by atoms with Gasteiger partial charge in [0.1, 0.15) is 11.4 Å². The number of H-pyrrole nitrogens is 1. The smallest absolute Gasteiger partial charge is 0.398 e. The number of pyridine rings is 1. The van der Waals surface area contributed by atoms with Crippen molar-refractivity contribution < 1.29 is 22.0 Å². The Morgan fingerprint density at radius 2 is 1.56 bits per heavy atom. The van der Waals surface area contributed by atoms with Gasteiger partial charge in [0.15, 0.2) is 0 Å². The quantitative estimate of drug-likeness (QED) is 0.287. The molecule has 0 atom stereocenters. The van der Waals surface area contributed by atoms with Gasteiger partial charge < -0.3 is 11.5 Å². The maximum Gasteiger partial charge on any atom is 0.433 e. The summed E-state index contributed by atoms with van der Waals surface area (Å²) < 4.78 is 61.2. The highest BCUT2D eigenvalue weighted by atomic mass is 35.5. The molecule has 2 aromatic heterocycles. The Kier molecular flexibility index (Phi) is 16.3. The van der Waals surface area contributed by atoms with Crippen LogP contribution in [0.5, 0.6) is 0 Å². The van der Waals surface area contributed by atoms with Crippen LogP contribution in [0.3, 0.4) is 0 Å². The van der Waals surface area contributed by atoms with Crippen molar-refractivity contribution in [1.29, 1.82) is 0 Å². The molecule has 1 aromatic carbocycles. The van der Waals surface area contributed by atoms with Gasteiger partial charge in [0, 0.05) is 21.7 Å². The predicted molar refractivity (Wildman–Crippen MR) is 139 cm³/mol. The molecule has 0 bridgehead atoms. The zero-order valence-electron chi connectivity index (χ0n) is 20.8. The molecule has 1 aliphatic carbocycles. The van der Waals surface area contributed by atoms with Gasteiger partial charge in [-0.3, -0.25) is 5.10 Å². The van der Waals surface area contributed by atoms with Gasteiger partial charge in [0.25, 0.3) is 6.43 Å². The molecular weight excluding hydrogens is 501 g/mol. The number of fused-ring (bicyclic) bond motifs is 1. The van der Waals surface area contributed by atoms with Crippen LogP contribution in [0.2, 0.25) is 5.02 Å². The lowest BCUT2D eigenvalue weighted by Gasteiger charge is -2.09. The number of aromatic amines is 1. The number of halogens is 6. The van der Waals surface area contributed by atoms with Crippen LogP contribution in [0.25, 0.3) is 17.0 Å². The van der Waals surface area contributed by atoms with Crippen molar-refractivity contribution in [2.24, 2.45) is 5.73 Å². The van der Waals surface area contributed by atoms with E-state index in [1.54, 1.807) is 0 Å². The average Bonchev–Trinajstić information content (AvgIpc) is 3.38. The Morgan fingerprint density at radius 3 is 1.97 bits per heavy atom. The fraction of sp³-hybridized carbons (Fsp3) is 0.440. The van der Waals surface area contributed by atoms with Crippen LogP contribution >= 0.6 is 11.6 Å². The molecule has 5 nitrogen and oxygen atoms in total. The maximum atomic E-state index is 12.4. The van der Waals surface area contributed by atoms with Crippen molar-refractivity contribution in [2.45, 2.75) is 65.0 Å². The molecule has 0 unspecified atom stereocenters. The maximum absolute atomic E-state index is 12.4. The van der Waals surface area contributed by atoms with Crippen molar-refractivity contribution in [2.75, 3.05) is 12.8 Å². The SMILES string of the molecule is C1CCCCC1.C=Cc1cn[nH]c1C(F)F.CC.CN.Nc1cc(C(F)(F)F)nc2ccc(Cl)cc12. The van der Waals surface area contributed by atoms with Gasteiger partial charge in [-0.05, 0) is 31.3 Å². The van der Waals surface area contributed by atoms with Crippen LogP contribution in [-0.2, 0) is 6.18 Å². The first-order valence-corrected chi connectivity index (χ1v) is 12.0. The third-order valence-electron chi connectivity index (χ3n) is 4.73. The fourth-order valence-electron chi connectivity index (χ4n) is 3.07. The monoisotopic (exact) mass is 535 g/mol. The lowest BCUT2D eigenvalue weighted by atomic mass is 10.0. The molecule has 3 aromatic rings.